The van der Waals surface area contributed by atoms with Crippen molar-refractivity contribution >= 4 is 16.0 Å². The van der Waals surface area contributed by atoms with Crippen molar-refractivity contribution < 1.29 is 18.3 Å². The lowest BCUT2D eigenvalue weighted by Gasteiger charge is -2.28. The molecule has 4 rings (SSSR count). The van der Waals surface area contributed by atoms with Gasteiger partial charge in [0, 0.05) is 18.5 Å². The second-order valence-corrected chi connectivity index (χ2v) is 9.17. The number of carbonyl (C=O) groups is 1. The van der Waals surface area contributed by atoms with Gasteiger partial charge in [-0.2, -0.15) is 4.31 Å². The fraction of sp³-hybridized carbons (Fsp3) is 0.588. The Labute approximate surface area is 136 Å². The van der Waals surface area contributed by atoms with Crippen LogP contribution in [0.25, 0.3) is 0 Å². The van der Waals surface area contributed by atoms with E-state index in [1.54, 1.807) is 0 Å². The van der Waals surface area contributed by atoms with Crippen LogP contribution in [0.4, 0.5) is 0 Å². The number of rotatable bonds is 4. The summed E-state index contributed by atoms with van der Waals surface area (Å²) in [6.07, 6.45) is 3.18. The molecule has 0 bridgehead atoms. The number of aliphatic carboxylic acids is 1. The lowest BCUT2D eigenvalue weighted by molar-refractivity contribution is -0.149. The molecule has 2 saturated carbocycles. The van der Waals surface area contributed by atoms with Gasteiger partial charge in [-0.05, 0) is 31.2 Å². The second-order valence-electron chi connectivity index (χ2n) is 7.07. The van der Waals surface area contributed by atoms with Gasteiger partial charge in [0.15, 0.2) is 0 Å². The molecule has 124 valence electrons. The summed E-state index contributed by atoms with van der Waals surface area (Å²) in [4.78, 5) is 11.7. The molecule has 1 N–H and O–H groups in total. The van der Waals surface area contributed by atoms with Crippen LogP contribution in [0.2, 0.25) is 0 Å². The fourth-order valence-corrected chi connectivity index (χ4v) is 7.00. The van der Waals surface area contributed by atoms with Crippen molar-refractivity contribution in [2.75, 3.05) is 6.54 Å². The molecule has 1 aliphatic heterocycles. The van der Waals surface area contributed by atoms with E-state index in [1.807, 2.05) is 30.3 Å². The minimum atomic E-state index is -3.42. The molecule has 3 aliphatic rings. The molecule has 4 atom stereocenters. The Bertz CT molecular complexity index is 732. The van der Waals surface area contributed by atoms with Gasteiger partial charge in [0.25, 0.3) is 0 Å². The van der Waals surface area contributed by atoms with Crippen LogP contribution in [0.1, 0.15) is 43.6 Å². The van der Waals surface area contributed by atoms with Crippen molar-refractivity contribution in [3.8, 4) is 0 Å². The maximum Gasteiger partial charge on any atom is 0.311 e. The van der Waals surface area contributed by atoms with E-state index < -0.39 is 21.4 Å². The van der Waals surface area contributed by atoms with Crippen molar-refractivity contribution in [1.29, 1.82) is 0 Å². The molecule has 23 heavy (non-hydrogen) atoms. The van der Waals surface area contributed by atoms with Crippen LogP contribution < -0.4 is 0 Å². The van der Waals surface area contributed by atoms with Crippen LogP contribution in [0.3, 0.4) is 0 Å². The first kappa shape index (κ1) is 15.1. The van der Waals surface area contributed by atoms with E-state index in [0.29, 0.717) is 32.2 Å². The monoisotopic (exact) mass is 335 g/mol. The minimum absolute atomic E-state index is 0.0578. The lowest BCUT2D eigenvalue weighted by atomic mass is 9.83. The third-order valence-corrected chi connectivity index (χ3v) is 8.34. The van der Waals surface area contributed by atoms with E-state index >= 15 is 0 Å². The van der Waals surface area contributed by atoms with Gasteiger partial charge in [0.2, 0.25) is 10.0 Å². The van der Waals surface area contributed by atoms with E-state index in [2.05, 4.69) is 0 Å². The molecule has 6 heteroatoms. The van der Waals surface area contributed by atoms with Crippen LogP contribution >= 0.6 is 0 Å². The maximum absolute atomic E-state index is 13.0. The highest BCUT2D eigenvalue weighted by molar-refractivity contribution is 7.90. The Morgan fingerprint density at radius 2 is 1.96 bits per heavy atom. The van der Waals surface area contributed by atoms with Gasteiger partial charge in [-0.15, -0.1) is 0 Å². The van der Waals surface area contributed by atoms with E-state index in [9.17, 15) is 18.3 Å². The third-order valence-electron chi connectivity index (χ3n) is 5.96. The molecule has 0 radical (unpaired) electrons. The molecular formula is C17H21NO4S. The number of hydrogen-bond donors (Lipinski definition) is 1. The summed E-state index contributed by atoms with van der Waals surface area (Å²) in [5, 5.41) is 9.24. The van der Waals surface area contributed by atoms with Crippen molar-refractivity contribution in [2.24, 2.45) is 5.41 Å². The van der Waals surface area contributed by atoms with Crippen LogP contribution in [-0.4, -0.2) is 41.6 Å². The SMILES string of the molecule is O=C(O)[C@]12CCC[C@H]1N(S(=O)(=O)[C@@H]1C[C@H]1c1ccccc1)CC2. The standard InChI is InChI=1S/C17H21NO4S/c19-16(20)17-8-4-7-15(17)18(10-9-17)23(21,22)14-11-13(14)12-5-2-1-3-6-12/h1-3,5-6,13-15H,4,7-11H2,(H,19,20)/t13-,14+,15+,17-/m0/s1. The van der Waals surface area contributed by atoms with E-state index in [-0.39, 0.29) is 17.2 Å². The van der Waals surface area contributed by atoms with Crippen molar-refractivity contribution in [2.45, 2.75) is 49.3 Å². The first-order chi connectivity index (χ1) is 11.0. The van der Waals surface area contributed by atoms with Gasteiger partial charge in [-0.1, -0.05) is 36.8 Å². The van der Waals surface area contributed by atoms with E-state index in [4.69, 9.17) is 0 Å². The van der Waals surface area contributed by atoms with Crippen LogP contribution in [-0.2, 0) is 14.8 Å². The highest BCUT2D eigenvalue weighted by Gasteiger charge is 2.61. The number of benzene rings is 1. The lowest BCUT2D eigenvalue weighted by Crippen LogP contribution is -2.44. The van der Waals surface area contributed by atoms with Crippen molar-refractivity contribution in [3.63, 3.8) is 0 Å². The number of nitrogens with zero attached hydrogens (tertiary/aromatic N) is 1. The van der Waals surface area contributed by atoms with Gasteiger partial charge in [0.05, 0.1) is 10.7 Å². The smallest absolute Gasteiger partial charge is 0.311 e. The molecule has 1 saturated heterocycles. The van der Waals surface area contributed by atoms with Crippen LogP contribution in [0, 0.1) is 5.41 Å². The molecule has 3 fully saturated rings. The molecule has 1 heterocycles. The second kappa shape index (κ2) is 5.05. The summed E-state index contributed by atoms with van der Waals surface area (Å²) >= 11 is 0. The zero-order valence-electron chi connectivity index (χ0n) is 12.9. The number of sulfonamides is 1. The minimum Gasteiger partial charge on any atom is -0.481 e. The van der Waals surface area contributed by atoms with Crippen molar-refractivity contribution in [1.82, 2.24) is 4.31 Å². The number of carboxylic acids is 1. The number of fused-ring (bicyclic) bond motifs is 1. The number of carboxylic acid groups (broad SMARTS) is 1. The van der Waals surface area contributed by atoms with E-state index in [0.717, 1.165) is 12.0 Å². The highest BCUT2D eigenvalue weighted by Crippen LogP contribution is 2.54. The summed E-state index contributed by atoms with van der Waals surface area (Å²) < 4.78 is 27.6. The Morgan fingerprint density at radius 3 is 2.65 bits per heavy atom. The zero-order valence-corrected chi connectivity index (χ0v) is 13.7. The quantitative estimate of drug-likeness (QED) is 0.915. The predicted octanol–water partition coefficient (Wildman–Crippen LogP) is 2.20. The Morgan fingerprint density at radius 1 is 1.22 bits per heavy atom. The topological polar surface area (TPSA) is 74.7 Å². The van der Waals surface area contributed by atoms with E-state index in [1.165, 1.54) is 4.31 Å². The molecule has 0 aromatic heterocycles. The first-order valence-electron chi connectivity index (χ1n) is 8.26. The van der Waals surface area contributed by atoms with Gasteiger partial charge < -0.3 is 5.11 Å². The molecule has 5 nitrogen and oxygen atoms in total. The van der Waals surface area contributed by atoms with Crippen LogP contribution in [0.15, 0.2) is 30.3 Å². The number of hydrogen-bond acceptors (Lipinski definition) is 3. The molecule has 0 spiro atoms. The molecule has 1 aromatic carbocycles. The Balaban J connectivity index is 1.58. The predicted molar refractivity (Wildman–Crippen MR) is 85.5 cm³/mol. The molecule has 0 amide bonds. The molecule has 0 unspecified atom stereocenters. The van der Waals surface area contributed by atoms with Crippen LogP contribution in [0.5, 0.6) is 0 Å². The Hall–Kier alpha value is -1.40. The molecular weight excluding hydrogens is 314 g/mol. The molecule has 1 aromatic rings. The van der Waals surface area contributed by atoms with Crippen molar-refractivity contribution in [3.05, 3.63) is 35.9 Å². The largest absolute Gasteiger partial charge is 0.481 e. The van der Waals surface area contributed by atoms with Gasteiger partial charge in [-0.25, -0.2) is 8.42 Å². The fourth-order valence-electron chi connectivity index (χ4n) is 4.62. The average Bonchev–Trinajstić information content (AvgIpc) is 3.09. The van der Waals surface area contributed by atoms with Gasteiger partial charge >= 0.3 is 5.97 Å². The Kier molecular flexibility index (Phi) is 3.32. The summed E-state index contributed by atoms with van der Waals surface area (Å²) in [7, 11) is -3.42. The maximum atomic E-state index is 13.0. The highest BCUT2D eigenvalue weighted by atomic mass is 32.2. The summed E-state index contributed by atoms with van der Waals surface area (Å²) in [6, 6.07) is 9.39. The first-order valence-corrected chi connectivity index (χ1v) is 9.76. The zero-order chi connectivity index (χ0) is 16.2. The summed E-state index contributed by atoms with van der Waals surface area (Å²) in [6.45, 7) is 0.358. The summed E-state index contributed by atoms with van der Waals surface area (Å²) in [5.41, 5.74) is 0.223. The summed E-state index contributed by atoms with van der Waals surface area (Å²) in [5.74, 6) is -0.768. The third kappa shape index (κ3) is 2.15. The van der Waals surface area contributed by atoms with Gasteiger partial charge in [-0.3, -0.25) is 4.79 Å². The van der Waals surface area contributed by atoms with Gasteiger partial charge in [0.1, 0.15) is 0 Å². The normalized spacial score (nSPS) is 36.8. The molecule has 2 aliphatic carbocycles. The average molecular weight is 335 g/mol.